The van der Waals surface area contributed by atoms with Crippen LogP contribution in [0.1, 0.15) is 25.0 Å². The molecule has 1 aliphatic rings. The molecule has 0 saturated carbocycles. The van der Waals surface area contributed by atoms with Crippen LogP contribution in [0, 0.1) is 0 Å². The molecule has 6 aromatic rings. The van der Waals surface area contributed by atoms with Gasteiger partial charge in [-0.3, -0.25) is 0 Å². The number of hydrogen-bond donors (Lipinski definition) is 0. The summed E-state index contributed by atoms with van der Waals surface area (Å²) in [6.45, 7) is 4.66. The summed E-state index contributed by atoms with van der Waals surface area (Å²) >= 11 is 3.81. The molecule has 0 bridgehead atoms. The lowest BCUT2D eigenvalue weighted by Crippen LogP contribution is -2.16. The smallest absolute Gasteiger partial charge is 0.149 e. The number of rotatable bonds is 3. The zero-order chi connectivity index (χ0) is 24.4. The first-order chi connectivity index (χ1) is 17.5. The molecule has 0 radical (unpaired) electrons. The molecular formula is C33H24BrNO. The molecule has 5 aromatic carbocycles. The summed E-state index contributed by atoms with van der Waals surface area (Å²) < 4.78 is 7.13. The van der Waals surface area contributed by atoms with Gasteiger partial charge in [-0.15, -0.1) is 0 Å². The number of anilines is 3. The highest BCUT2D eigenvalue weighted by Crippen LogP contribution is 2.51. The van der Waals surface area contributed by atoms with Crippen LogP contribution in [-0.4, -0.2) is 0 Å². The van der Waals surface area contributed by atoms with Gasteiger partial charge in [-0.05, 0) is 80.6 Å². The third-order valence-corrected chi connectivity index (χ3v) is 8.10. The van der Waals surface area contributed by atoms with Gasteiger partial charge in [0.15, 0.2) is 0 Å². The van der Waals surface area contributed by atoms with Crippen molar-refractivity contribution >= 4 is 54.9 Å². The van der Waals surface area contributed by atoms with E-state index in [1.54, 1.807) is 0 Å². The minimum absolute atomic E-state index is 0.0599. The lowest BCUT2D eigenvalue weighted by Gasteiger charge is -2.28. The molecule has 1 aliphatic carbocycles. The van der Waals surface area contributed by atoms with E-state index in [9.17, 15) is 0 Å². The van der Waals surface area contributed by atoms with E-state index in [-0.39, 0.29) is 5.41 Å². The molecule has 7 rings (SSSR count). The molecule has 3 heteroatoms. The SMILES string of the molecule is CC1(C)c2ccccc2-c2ccc(N(c3ccccc3)c3cc(Br)c4oc5ccccc5c4c3)cc21. The van der Waals surface area contributed by atoms with E-state index in [0.29, 0.717) is 0 Å². The van der Waals surface area contributed by atoms with E-state index in [2.05, 4.69) is 132 Å². The van der Waals surface area contributed by atoms with Crippen LogP contribution in [0.4, 0.5) is 17.1 Å². The number of nitrogens with zero attached hydrogens (tertiary/aromatic N) is 1. The fraction of sp³-hybridized carbons (Fsp3) is 0.0909. The zero-order valence-electron chi connectivity index (χ0n) is 20.1. The molecule has 1 aromatic heterocycles. The minimum atomic E-state index is -0.0599. The summed E-state index contributed by atoms with van der Waals surface area (Å²) in [4.78, 5) is 2.34. The van der Waals surface area contributed by atoms with Crippen LogP contribution in [0.2, 0.25) is 0 Å². The van der Waals surface area contributed by atoms with Crippen molar-refractivity contribution in [3.8, 4) is 11.1 Å². The normalized spacial score (nSPS) is 13.6. The molecule has 0 fully saturated rings. The summed E-state index contributed by atoms with van der Waals surface area (Å²) in [6.07, 6.45) is 0. The van der Waals surface area contributed by atoms with E-state index < -0.39 is 0 Å². The first kappa shape index (κ1) is 21.5. The van der Waals surface area contributed by atoms with Crippen molar-refractivity contribution < 1.29 is 4.42 Å². The standard InChI is InChI=1S/C33H24BrNO/c1-33(2)28-14-8-6-12-24(28)25-17-16-22(19-29(25)33)35(21-10-4-3-5-11-21)23-18-27-26-13-7-9-15-31(26)36-32(27)30(34)20-23/h3-20H,1-2H3. The molecule has 0 amide bonds. The Morgan fingerprint density at radius 3 is 2.19 bits per heavy atom. The molecule has 174 valence electrons. The molecule has 0 atom stereocenters. The maximum Gasteiger partial charge on any atom is 0.149 e. The summed E-state index contributed by atoms with van der Waals surface area (Å²) in [5.74, 6) is 0. The van der Waals surface area contributed by atoms with Crippen molar-refractivity contribution in [2.24, 2.45) is 0 Å². The predicted molar refractivity (Wildman–Crippen MR) is 154 cm³/mol. The monoisotopic (exact) mass is 529 g/mol. The van der Waals surface area contributed by atoms with E-state index in [1.807, 2.05) is 12.1 Å². The van der Waals surface area contributed by atoms with Gasteiger partial charge in [0.05, 0.1) is 4.47 Å². The van der Waals surface area contributed by atoms with Crippen molar-refractivity contribution in [2.75, 3.05) is 4.90 Å². The molecule has 0 aliphatic heterocycles. The van der Waals surface area contributed by atoms with Crippen LogP contribution in [0.25, 0.3) is 33.1 Å². The van der Waals surface area contributed by atoms with E-state index in [1.165, 1.54) is 22.3 Å². The first-order valence-electron chi connectivity index (χ1n) is 12.2. The summed E-state index contributed by atoms with van der Waals surface area (Å²) in [5, 5.41) is 2.22. The summed E-state index contributed by atoms with van der Waals surface area (Å²) in [5.41, 5.74) is 10.5. The Labute approximate surface area is 218 Å². The van der Waals surface area contributed by atoms with Crippen LogP contribution in [0.3, 0.4) is 0 Å². The van der Waals surface area contributed by atoms with Gasteiger partial charge < -0.3 is 9.32 Å². The second-order valence-corrected chi connectivity index (χ2v) is 10.8. The first-order valence-corrected chi connectivity index (χ1v) is 13.0. The molecule has 0 N–H and O–H groups in total. The number of fused-ring (bicyclic) bond motifs is 6. The van der Waals surface area contributed by atoms with Crippen molar-refractivity contribution in [1.82, 2.24) is 0 Å². The van der Waals surface area contributed by atoms with Gasteiger partial charge in [-0.25, -0.2) is 0 Å². The highest BCUT2D eigenvalue weighted by molar-refractivity contribution is 9.10. The average Bonchev–Trinajstić information content (AvgIpc) is 3.39. The number of para-hydroxylation sites is 2. The van der Waals surface area contributed by atoms with Crippen molar-refractivity contribution in [1.29, 1.82) is 0 Å². The van der Waals surface area contributed by atoms with Crippen molar-refractivity contribution in [3.05, 3.63) is 125 Å². The van der Waals surface area contributed by atoms with Gasteiger partial charge in [0.1, 0.15) is 11.2 Å². The van der Waals surface area contributed by atoms with Gasteiger partial charge in [0, 0.05) is 33.2 Å². The fourth-order valence-electron chi connectivity index (χ4n) is 5.76. The molecule has 0 saturated heterocycles. The Balaban J connectivity index is 1.47. The maximum absolute atomic E-state index is 6.19. The van der Waals surface area contributed by atoms with Crippen molar-refractivity contribution in [2.45, 2.75) is 19.3 Å². The maximum atomic E-state index is 6.19. The fourth-order valence-corrected chi connectivity index (χ4v) is 6.28. The Hall–Kier alpha value is -3.82. The molecule has 36 heavy (non-hydrogen) atoms. The van der Waals surface area contributed by atoms with Crippen molar-refractivity contribution in [3.63, 3.8) is 0 Å². The molecule has 2 nitrogen and oxygen atoms in total. The Morgan fingerprint density at radius 1 is 0.611 bits per heavy atom. The molecule has 1 heterocycles. The quantitative estimate of drug-likeness (QED) is 0.226. The van der Waals surface area contributed by atoms with Crippen LogP contribution in [0.15, 0.2) is 118 Å². The van der Waals surface area contributed by atoms with E-state index in [4.69, 9.17) is 4.42 Å². The van der Waals surface area contributed by atoms with Gasteiger partial charge in [-0.2, -0.15) is 0 Å². The van der Waals surface area contributed by atoms with E-state index >= 15 is 0 Å². The minimum Gasteiger partial charge on any atom is -0.455 e. The highest BCUT2D eigenvalue weighted by Gasteiger charge is 2.35. The van der Waals surface area contributed by atoms with Crippen LogP contribution in [0.5, 0.6) is 0 Å². The second-order valence-electron chi connectivity index (χ2n) is 9.97. The Bertz CT molecular complexity index is 1780. The second kappa shape index (κ2) is 7.84. The molecule has 0 spiro atoms. The van der Waals surface area contributed by atoms with Gasteiger partial charge in [-0.1, -0.05) is 80.6 Å². The van der Waals surface area contributed by atoms with Gasteiger partial charge >= 0.3 is 0 Å². The number of halogens is 1. The lowest BCUT2D eigenvalue weighted by molar-refractivity contribution is 0.660. The van der Waals surface area contributed by atoms with Gasteiger partial charge in [0.25, 0.3) is 0 Å². The number of furan rings is 1. The Kier molecular flexibility index (Phi) is 4.67. The van der Waals surface area contributed by atoms with Gasteiger partial charge in [0.2, 0.25) is 0 Å². The van der Waals surface area contributed by atoms with Crippen LogP contribution < -0.4 is 4.90 Å². The average molecular weight is 530 g/mol. The lowest BCUT2D eigenvalue weighted by atomic mass is 9.82. The van der Waals surface area contributed by atoms with Crippen LogP contribution in [-0.2, 0) is 5.41 Å². The molecular weight excluding hydrogens is 506 g/mol. The Morgan fingerprint density at radius 2 is 1.33 bits per heavy atom. The van der Waals surface area contributed by atoms with E-state index in [0.717, 1.165) is 43.5 Å². The highest BCUT2D eigenvalue weighted by atomic mass is 79.9. The predicted octanol–water partition coefficient (Wildman–Crippen LogP) is 10.1. The third kappa shape index (κ3) is 3.09. The topological polar surface area (TPSA) is 16.4 Å². The number of benzene rings is 5. The summed E-state index contributed by atoms with van der Waals surface area (Å²) in [6, 6.07) is 38.9. The summed E-state index contributed by atoms with van der Waals surface area (Å²) in [7, 11) is 0. The zero-order valence-corrected chi connectivity index (χ0v) is 21.7. The number of hydrogen-bond acceptors (Lipinski definition) is 2. The molecule has 0 unspecified atom stereocenters. The third-order valence-electron chi connectivity index (χ3n) is 7.52. The van der Waals surface area contributed by atoms with Crippen LogP contribution >= 0.6 is 15.9 Å². The largest absolute Gasteiger partial charge is 0.455 e.